The van der Waals surface area contributed by atoms with Crippen molar-refractivity contribution in [1.29, 1.82) is 0 Å². The van der Waals surface area contributed by atoms with Gasteiger partial charge < -0.3 is 15.1 Å². The molecule has 1 unspecified atom stereocenters. The lowest BCUT2D eigenvalue weighted by molar-refractivity contribution is -0.130. The average Bonchev–Trinajstić information content (AvgIpc) is 3.06. The first-order chi connectivity index (χ1) is 12.5. The zero-order valence-corrected chi connectivity index (χ0v) is 17.4. The highest BCUT2D eigenvalue weighted by Crippen LogP contribution is 2.22. The molecule has 0 radical (unpaired) electrons. The molecule has 8 heteroatoms. The molecule has 1 heterocycles. The third-order valence-corrected chi connectivity index (χ3v) is 4.68. The summed E-state index contributed by atoms with van der Waals surface area (Å²) in [6.07, 6.45) is 2.98. The molecule has 3 N–H and O–H groups in total. The lowest BCUT2D eigenvalue weighted by atomic mass is 9.92. The molecule has 8 nitrogen and oxygen atoms in total. The smallest absolute Gasteiger partial charge is 0.321 e. The maximum atomic E-state index is 13.0. The van der Waals surface area contributed by atoms with Gasteiger partial charge in [0.05, 0.1) is 0 Å². The number of nitrogens with one attached hydrogen (secondary N) is 2. The lowest BCUT2D eigenvalue weighted by Gasteiger charge is -2.32. The summed E-state index contributed by atoms with van der Waals surface area (Å²) in [5, 5.41) is 11.7. The van der Waals surface area contributed by atoms with Gasteiger partial charge in [0.25, 0.3) is 5.91 Å². The van der Waals surface area contributed by atoms with Crippen LogP contribution in [0.5, 0.6) is 0 Å². The van der Waals surface area contributed by atoms with Gasteiger partial charge in [0, 0.05) is 19.6 Å². The van der Waals surface area contributed by atoms with Crippen molar-refractivity contribution in [3.8, 4) is 0 Å². The van der Waals surface area contributed by atoms with E-state index in [4.69, 9.17) is 5.21 Å². The van der Waals surface area contributed by atoms with Crippen molar-refractivity contribution in [1.82, 2.24) is 20.6 Å². The van der Waals surface area contributed by atoms with Gasteiger partial charge in [-0.2, -0.15) is 0 Å². The summed E-state index contributed by atoms with van der Waals surface area (Å²) < 4.78 is 0. The van der Waals surface area contributed by atoms with E-state index in [2.05, 4.69) is 39.9 Å². The number of hydroxylamine groups is 1. The molecule has 1 aliphatic heterocycles. The fourth-order valence-electron chi connectivity index (χ4n) is 2.97. The van der Waals surface area contributed by atoms with Crippen LogP contribution in [0.3, 0.4) is 0 Å². The summed E-state index contributed by atoms with van der Waals surface area (Å²) in [7, 11) is 0. The summed E-state index contributed by atoms with van der Waals surface area (Å²) in [4.78, 5) is 40.1. The SMILES string of the molecule is CC(C)CCNC(=O)C1CCCN1C(=O)N(CCC(C)(C)C)CC(=O)NO. The van der Waals surface area contributed by atoms with Gasteiger partial charge in [0.2, 0.25) is 5.91 Å². The molecule has 1 aliphatic rings. The van der Waals surface area contributed by atoms with Crippen molar-refractivity contribution in [2.75, 3.05) is 26.2 Å². The zero-order chi connectivity index (χ0) is 20.6. The number of nitrogens with zero attached hydrogens (tertiary/aromatic N) is 2. The van der Waals surface area contributed by atoms with Gasteiger partial charge in [-0.25, -0.2) is 10.3 Å². The van der Waals surface area contributed by atoms with Gasteiger partial charge in [-0.1, -0.05) is 34.6 Å². The molecule has 1 saturated heterocycles. The molecular formula is C19H36N4O4. The highest BCUT2D eigenvalue weighted by atomic mass is 16.5. The molecule has 1 atom stereocenters. The quantitative estimate of drug-likeness (QED) is 0.440. The second-order valence-corrected chi connectivity index (χ2v) is 8.87. The van der Waals surface area contributed by atoms with Gasteiger partial charge >= 0.3 is 6.03 Å². The van der Waals surface area contributed by atoms with Crippen LogP contribution >= 0.6 is 0 Å². The van der Waals surface area contributed by atoms with Gasteiger partial charge in [0.1, 0.15) is 12.6 Å². The Hall–Kier alpha value is -1.83. The Labute approximate surface area is 162 Å². The fourth-order valence-corrected chi connectivity index (χ4v) is 2.97. The van der Waals surface area contributed by atoms with Crippen LogP contribution in [-0.2, 0) is 9.59 Å². The van der Waals surface area contributed by atoms with Crippen molar-refractivity contribution >= 4 is 17.8 Å². The van der Waals surface area contributed by atoms with Crippen molar-refractivity contribution in [3.63, 3.8) is 0 Å². The number of urea groups is 1. The van der Waals surface area contributed by atoms with E-state index in [0.717, 1.165) is 12.8 Å². The lowest BCUT2D eigenvalue weighted by Crippen LogP contribution is -2.53. The van der Waals surface area contributed by atoms with E-state index < -0.39 is 11.9 Å². The molecule has 0 bridgehead atoms. The minimum atomic E-state index is -0.644. The average molecular weight is 385 g/mol. The van der Waals surface area contributed by atoms with Gasteiger partial charge in [-0.05, 0) is 37.0 Å². The topological polar surface area (TPSA) is 102 Å². The molecule has 1 rings (SSSR count). The van der Waals surface area contributed by atoms with Crippen molar-refractivity contribution < 1.29 is 19.6 Å². The van der Waals surface area contributed by atoms with Crippen LogP contribution in [0.15, 0.2) is 0 Å². The van der Waals surface area contributed by atoms with E-state index in [9.17, 15) is 14.4 Å². The summed E-state index contributed by atoms with van der Waals surface area (Å²) in [6, 6.07) is -0.830. The zero-order valence-electron chi connectivity index (χ0n) is 17.4. The Morgan fingerprint density at radius 3 is 2.48 bits per heavy atom. The highest BCUT2D eigenvalue weighted by molar-refractivity contribution is 5.89. The van der Waals surface area contributed by atoms with Crippen molar-refractivity contribution in [3.05, 3.63) is 0 Å². The minimum absolute atomic E-state index is 0.00709. The number of rotatable bonds is 8. The van der Waals surface area contributed by atoms with Crippen LogP contribution in [0.2, 0.25) is 0 Å². The maximum absolute atomic E-state index is 13.0. The fraction of sp³-hybridized carbons (Fsp3) is 0.842. The molecule has 156 valence electrons. The monoisotopic (exact) mass is 384 g/mol. The van der Waals surface area contributed by atoms with Crippen molar-refractivity contribution in [2.24, 2.45) is 11.3 Å². The molecule has 0 spiro atoms. The highest BCUT2D eigenvalue weighted by Gasteiger charge is 2.36. The van der Waals surface area contributed by atoms with E-state index in [-0.39, 0.29) is 23.9 Å². The Morgan fingerprint density at radius 1 is 1.26 bits per heavy atom. The first-order valence-electron chi connectivity index (χ1n) is 9.81. The van der Waals surface area contributed by atoms with Crippen LogP contribution in [0.1, 0.15) is 60.3 Å². The third-order valence-electron chi connectivity index (χ3n) is 4.68. The summed E-state index contributed by atoms with van der Waals surface area (Å²) in [6.45, 7) is 11.6. The number of hydrogen-bond donors (Lipinski definition) is 3. The standard InChI is InChI=1S/C19H36N4O4/c1-14(2)8-10-20-17(25)15-7-6-11-23(15)18(26)22(13-16(24)21-27)12-9-19(3,4)5/h14-15,27H,6-13H2,1-5H3,(H,20,25)(H,21,24). The minimum Gasteiger partial charge on any atom is -0.354 e. The molecule has 0 aliphatic carbocycles. The molecule has 0 aromatic heterocycles. The second-order valence-electron chi connectivity index (χ2n) is 8.87. The molecule has 27 heavy (non-hydrogen) atoms. The number of carbonyl (C=O) groups excluding carboxylic acids is 3. The largest absolute Gasteiger partial charge is 0.354 e. The summed E-state index contributed by atoms with van der Waals surface area (Å²) >= 11 is 0. The molecular weight excluding hydrogens is 348 g/mol. The molecule has 0 aromatic carbocycles. The number of hydrogen-bond acceptors (Lipinski definition) is 4. The normalized spacial score (nSPS) is 17.1. The maximum Gasteiger partial charge on any atom is 0.321 e. The first kappa shape index (κ1) is 23.2. The third kappa shape index (κ3) is 8.15. The second kappa shape index (κ2) is 10.5. The molecule has 0 saturated carbocycles. The molecule has 1 fully saturated rings. The number of amides is 4. The van der Waals surface area contributed by atoms with E-state index in [1.54, 1.807) is 10.4 Å². The van der Waals surface area contributed by atoms with Crippen LogP contribution in [0.4, 0.5) is 4.79 Å². The van der Waals surface area contributed by atoms with Crippen molar-refractivity contribution in [2.45, 2.75) is 66.3 Å². The Morgan fingerprint density at radius 2 is 1.93 bits per heavy atom. The number of carbonyl (C=O) groups is 3. The Bertz CT molecular complexity index is 516. The Balaban J connectivity index is 2.78. The predicted molar refractivity (Wildman–Crippen MR) is 103 cm³/mol. The first-order valence-corrected chi connectivity index (χ1v) is 9.81. The summed E-state index contributed by atoms with van der Waals surface area (Å²) in [5.74, 6) is -0.283. The van der Waals surface area contributed by atoms with E-state index in [0.29, 0.717) is 38.4 Å². The van der Waals surface area contributed by atoms with Gasteiger partial charge in [-0.3, -0.25) is 14.8 Å². The van der Waals surface area contributed by atoms with Crippen LogP contribution < -0.4 is 10.8 Å². The van der Waals surface area contributed by atoms with Crippen LogP contribution in [0.25, 0.3) is 0 Å². The van der Waals surface area contributed by atoms with Gasteiger partial charge in [-0.15, -0.1) is 0 Å². The summed E-state index contributed by atoms with van der Waals surface area (Å²) in [5.41, 5.74) is 1.57. The van der Waals surface area contributed by atoms with E-state index in [1.807, 2.05) is 0 Å². The number of likely N-dealkylation sites (tertiary alicyclic amines) is 1. The van der Waals surface area contributed by atoms with E-state index >= 15 is 0 Å². The molecule has 0 aromatic rings. The van der Waals surface area contributed by atoms with Gasteiger partial charge in [0.15, 0.2) is 0 Å². The van der Waals surface area contributed by atoms with Crippen LogP contribution in [0, 0.1) is 11.3 Å². The Kier molecular flexibility index (Phi) is 9.02. The van der Waals surface area contributed by atoms with E-state index in [1.165, 1.54) is 4.90 Å². The predicted octanol–water partition coefficient (Wildman–Crippen LogP) is 1.98. The van der Waals surface area contributed by atoms with Crippen LogP contribution in [-0.4, -0.2) is 65.1 Å². The molecule has 4 amide bonds.